The van der Waals surface area contributed by atoms with Crippen molar-refractivity contribution in [3.63, 3.8) is 0 Å². The maximum absolute atomic E-state index is 11.5. The van der Waals surface area contributed by atoms with Crippen LogP contribution in [0, 0.1) is 0 Å². The molecule has 0 aliphatic heterocycles. The van der Waals surface area contributed by atoms with Crippen LogP contribution in [-0.4, -0.2) is 27.8 Å². The van der Waals surface area contributed by atoms with E-state index < -0.39 is 5.60 Å². The van der Waals surface area contributed by atoms with Gasteiger partial charge in [0.1, 0.15) is 5.60 Å². The summed E-state index contributed by atoms with van der Waals surface area (Å²) < 4.78 is 7.23. The number of nitrogens with one attached hydrogen (secondary N) is 1. The number of carbonyl (C=O) groups is 1. The molecule has 1 heterocycles. The summed E-state index contributed by atoms with van der Waals surface area (Å²) >= 11 is 0. The molecule has 0 fully saturated rings. The monoisotopic (exact) mass is 318 g/mol. The lowest BCUT2D eigenvalue weighted by Gasteiger charge is -2.19. The predicted octanol–water partition coefficient (Wildman–Crippen LogP) is 3.31. The number of anilines is 1. The van der Waals surface area contributed by atoms with E-state index in [1.54, 1.807) is 0 Å². The van der Waals surface area contributed by atoms with Crippen molar-refractivity contribution in [3.8, 4) is 0 Å². The van der Waals surface area contributed by atoms with E-state index in [4.69, 9.17) is 10.5 Å². The van der Waals surface area contributed by atoms with Crippen LogP contribution in [0.25, 0.3) is 11.0 Å². The first-order valence-corrected chi connectivity index (χ1v) is 8.04. The van der Waals surface area contributed by atoms with Crippen LogP contribution in [-0.2, 0) is 11.3 Å². The average molecular weight is 318 g/mol. The number of ether oxygens (including phenoxy) is 1. The maximum Gasteiger partial charge on any atom is 0.407 e. The van der Waals surface area contributed by atoms with Gasteiger partial charge in [0.15, 0.2) is 0 Å². The highest BCUT2D eigenvalue weighted by Crippen LogP contribution is 2.18. The molecule has 1 amide bonds. The number of rotatable bonds is 6. The number of carbonyl (C=O) groups excluding carboxylic acids is 1. The first-order chi connectivity index (χ1) is 10.9. The van der Waals surface area contributed by atoms with E-state index in [0.717, 1.165) is 36.8 Å². The van der Waals surface area contributed by atoms with Crippen LogP contribution in [0.15, 0.2) is 24.3 Å². The topological polar surface area (TPSA) is 82.2 Å². The van der Waals surface area contributed by atoms with Crippen molar-refractivity contribution in [1.29, 1.82) is 0 Å². The molecule has 0 aliphatic carbocycles. The third-order valence-corrected chi connectivity index (χ3v) is 3.41. The van der Waals surface area contributed by atoms with Crippen LogP contribution in [0.4, 0.5) is 10.7 Å². The summed E-state index contributed by atoms with van der Waals surface area (Å²) in [7, 11) is 0. The molecular weight excluding hydrogens is 292 g/mol. The lowest BCUT2D eigenvalue weighted by atomic mass is 10.2. The first-order valence-electron chi connectivity index (χ1n) is 8.04. The van der Waals surface area contributed by atoms with E-state index in [1.807, 2.05) is 49.6 Å². The van der Waals surface area contributed by atoms with Crippen LogP contribution in [0.5, 0.6) is 0 Å². The van der Waals surface area contributed by atoms with E-state index in [1.165, 1.54) is 0 Å². The fourth-order valence-electron chi connectivity index (χ4n) is 2.41. The molecule has 0 bridgehead atoms. The number of unbranched alkanes of at least 4 members (excludes halogenated alkanes) is 2. The molecular formula is C17H26N4O2. The summed E-state index contributed by atoms with van der Waals surface area (Å²) in [5.74, 6) is 0.554. The number of alkyl carbamates (subject to hydrolysis) is 1. The summed E-state index contributed by atoms with van der Waals surface area (Å²) in [4.78, 5) is 15.9. The molecule has 2 rings (SSSR count). The highest BCUT2D eigenvalue weighted by molar-refractivity contribution is 5.78. The van der Waals surface area contributed by atoms with Gasteiger partial charge in [-0.25, -0.2) is 9.78 Å². The summed E-state index contributed by atoms with van der Waals surface area (Å²) in [6.07, 6.45) is 2.54. The summed E-state index contributed by atoms with van der Waals surface area (Å²) in [5, 5.41) is 2.77. The molecule has 2 aromatic rings. The molecule has 6 nitrogen and oxygen atoms in total. The zero-order chi connectivity index (χ0) is 16.9. The molecule has 0 atom stereocenters. The highest BCUT2D eigenvalue weighted by atomic mass is 16.6. The summed E-state index contributed by atoms with van der Waals surface area (Å²) in [5.41, 5.74) is 7.51. The van der Waals surface area contributed by atoms with E-state index in [0.29, 0.717) is 12.5 Å². The number of benzene rings is 1. The van der Waals surface area contributed by atoms with Gasteiger partial charge in [0.2, 0.25) is 5.95 Å². The van der Waals surface area contributed by atoms with E-state index >= 15 is 0 Å². The molecule has 6 heteroatoms. The van der Waals surface area contributed by atoms with E-state index in [2.05, 4.69) is 10.3 Å². The molecule has 0 saturated heterocycles. The number of aryl methyl sites for hydroxylation is 1. The van der Waals surface area contributed by atoms with Gasteiger partial charge in [0.05, 0.1) is 11.0 Å². The minimum atomic E-state index is -0.454. The van der Waals surface area contributed by atoms with Crippen molar-refractivity contribution < 1.29 is 9.53 Å². The number of nitrogens with zero attached hydrogens (tertiary/aromatic N) is 2. The molecule has 1 aromatic heterocycles. The summed E-state index contributed by atoms with van der Waals surface area (Å²) in [6, 6.07) is 7.95. The normalized spacial score (nSPS) is 11.6. The largest absolute Gasteiger partial charge is 0.444 e. The highest BCUT2D eigenvalue weighted by Gasteiger charge is 2.15. The van der Waals surface area contributed by atoms with E-state index in [9.17, 15) is 4.79 Å². The Morgan fingerprint density at radius 2 is 2.00 bits per heavy atom. The Hall–Kier alpha value is -2.24. The second kappa shape index (κ2) is 7.35. The van der Waals surface area contributed by atoms with Gasteiger partial charge in [-0.15, -0.1) is 0 Å². The zero-order valence-electron chi connectivity index (χ0n) is 14.1. The zero-order valence-corrected chi connectivity index (χ0v) is 14.1. The molecule has 0 unspecified atom stereocenters. The fraction of sp³-hybridized carbons (Fsp3) is 0.529. The second-order valence-electron chi connectivity index (χ2n) is 6.60. The third-order valence-electron chi connectivity index (χ3n) is 3.41. The number of imidazole rings is 1. The number of hydrogen-bond acceptors (Lipinski definition) is 4. The van der Waals surface area contributed by atoms with Crippen molar-refractivity contribution in [2.45, 2.75) is 52.2 Å². The fourth-order valence-corrected chi connectivity index (χ4v) is 2.41. The van der Waals surface area contributed by atoms with Gasteiger partial charge in [-0.05, 0) is 52.2 Å². The van der Waals surface area contributed by atoms with Crippen molar-refractivity contribution >= 4 is 23.1 Å². The smallest absolute Gasteiger partial charge is 0.407 e. The van der Waals surface area contributed by atoms with Crippen molar-refractivity contribution in [1.82, 2.24) is 14.9 Å². The lowest BCUT2D eigenvalue weighted by molar-refractivity contribution is 0.0527. The molecule has 1 aromatic carbocycles. The van der Waals surface area contributed by atoms with Gasteiger partial charge in [0.25, 0.3) is 0 Å². The molecule has 0 aliphatic rings. The Balaban J connectivity index is 1.69. The Labute approximate surface area is 137 Å². The van der Waals surface area contributed by atoms with Crippen molar-refractivity contribution in [2.24, 2.45) is 0 Å². The number of nitrogen functional groups attached to an aromatic ring is 1. The Morgan fingerprint density at radius 1 is 1.26 bits per heavy atom. The number of para-hydroxylation sites is 2. The van der Waals surface area contributed by atoms with Gasteiger partial charge in [-0.2, -0.15) is 0 Å². The Kier molecular flexibility index (Phi) is 5.47. The molecule has 0 radical (unpaired) electrons. The lowest BCUT2D eigenvalue weighted by Crippen LogP contribution is -2.33. The minimum absolute atomic E-state index is 0.359. The maximum atomic E-state index is 11.5. The Bertz CT molecular complexity index is 658. The van der Waals surface area contributed by atoms with Crippen molar-refractivity contribution in [2.75, 3.05) is 12.3 Å². The van der Waals surface area contributed by atoms with Gasteiger partial charge >= 0.3 is 6.09 Å². The van der Waals surface area contributed by atoms with E-state index in [-0.39, 0.29) is 6.09 Å². The van der Waals surface area contributed by atoms with Crippen LogP contribution in [0.3, 0.4) is 0 Å². The van der Waals surface area contributed by atoms with Crippen molar-refractivity contribution in [3.05, 3.63) is 24.3 Å². The molecule has 0 spiro atoms. The predicted molar refractivity (Wildman–Crippen MR) is 92.2 cm³/mol. The number of nitrogens with two attached hydrogens (primary N) is 1. The quantitative estimate of drug-likeness (QED) is 0.801. The van der Waals surface area contributed by atoms with Gasteiger partial charge < -0.3 is 20.4 Å². The van der Waals surface area contributed by atoms with Gasteiger partial charge in [0, 0.05) is 13.1 Å². The standard InChI is InChI=1S/C17H26N4O2/c1-17(2,3)23-16(22)19-11-7-4-8-12-21-14-10-6-5-9-13(14)20-15(21)18/h5-6,9-10H,4,7-8,11-12H2,1-3H3,(H2,18,20)(H,19,22). The molecule has 0 saturated carbocycles. The number of fused-ring (bicyclic) bond motifs is 1. The van der Waals surface area contributed by atoms with Crippen LogP contribution < -0.4 is 11.1 Å². The molecule has 3 N–H and O–H groups in total. The average Bonchev–Trinajstić information content (AvgIpc) is 2.76. The number of amides is 1. The number of hydrogen-bond donors (Lipinski definition) is 2. The Morgan fingerprint density at radius 3 is 2.74 bits per heavy atom. The summed E-state index contributed by atoms with van der Waals surface area (Å²) in [6.45, 7) is 7.01. The van der Waals surface area contributed by atoms with Gasteiger partial charge in [-0.3, -0.25) is 0 Å². The molecule has 23 heavy (non-hydrogen) atoms. The number of aromatic nitrogens is 2. The molecule has 126 valence electrons. The third kappa shape index (κ3) is 5.16. The van der Waals surface area contributed by atoms with Crippen LogP contribution >= 0.6 is 0 Å². The van der Waals surface area contributed by atoms with Gasteiger partial charge in [-0.1, -0.05) is 12.1 Å². The van der Waals surface area contributed by atoms with Crippen LogP contribution in [0.1, 0.15) is 40.0 Å². The SMILES string of the molecule is CC(C)(C)OC(=O)NCCCCCn1c(N)nc2ccccc21. The first kappa shape index (κ1) is 17.1. The van der Waals surface area contributed by atoms with Crippen LogP contribution in [0.2, 0.25) is 0 Å². The second-order valence-corrected chi connectivity index (χ2v) is 6.60. The minimum Gasteiger partial charge on any atom is -0.444 e.